The fourth-order valence-electron chi connectivity index (χ4n) is 2.70. The van der Waals surface area contributed by atoms with Gasteiger partial charge in [-0.2, -0.15) is 0 Å². The van der Waals surface area contributed by atoms with E-state index in [0.717, 1.165) is 29.5 Å². The van der Waals surface area contributed by atoms with Gasteiger partial charge in [0.2, 0.25) is 5.91 Å². The molecule has 3 nitrogen and oxygen atoms in total. The lowest BCUT2D eigenvalue weighted by Crippen LogP contribution is -2.40. The smallest absolute Gasteiger partial charge is 0.229 e. The van der Waals surface area contributed by atoms with Crippen molar-refractivity contribution in [2.45, 2.75) is 50.9 Å². The summed E-state index contributed by atoms with van der Waals surface area (Å²) in [5.41, 5.74) is 0.864. The molecule has 1 heterocycles. The number of hydrogen-bond donors (Lipinski definition) is 0. The summed E-state index contributed by atoms with van der Waals surface area (Å²) in [5, 5.41) is 2.80. The summed E-state index contributed by atoms with van der Waals surface area (Å²) in [4.78, 5) is 18.6. The Morgan fingerprint density at radius 2 is 2.37 bits per heavy atom. The number of amides is 1. The monoisotopic (exact) mass is 300 g/mol. The van der Waals surface area contributed by atoms with Crippen molar-refractivity contribution in [1.82, 2.24) is 9.88 Å². The Labute approximate surface area is 124 Å². The average molecular weight is 301 g/mol. The van der Waals surface area contributed by atoms with Gasteiger partial charge in [-0.25, -0.2) is 4.98 Å². The number of nitrogens with zero attached hydrogens (tertiary/aromatic N) is 2. The first-order chi connectivity index (χ1) is 9.10. The molecule has 0 aromatic carbocycles. The molecule has 5 heteroatoms. The van der Waals surface area contributed by atoms with E-state index in [9.17, 15) is 4.79 Å². The third kappa shape index (κ3) is 3.93. The fourth-order valence-corrected chi connectivity index (χ4v) is 3.72. The summed E-state index contributed by atoms with van der Waals surface area (Å²) >= 11 is 7.25. The Balaban J connectivity index is 1.91. The predicted molar refractivity (Wildman–Crippen MR) is 79.6 cm³/mol. The summed E-state index contributed by atoms with van der Waals surface area (Å²) in [5.74, 6) is 1.33. The summed E-state index contributed by atoms with van der Waals surface area (Å²) in [6.07, 6.45) is 5.20. The second kappa shape index (κ2) is 6.71. The Kier molecular flexibility index (Phi) is 5.22. The van der Waals surface area contributed by atoms with E-state index in [-0.39, 0.29) is 5.91 Å². The molecule has 2 atom stereocenters. The number of alkyl halides is 1. The second-order valence-corrected chi connectivity index (χ2v) is 6.68. The molecule has 1 amide bonds. The van der Waals surface area contributed by atoms with Crippen molar-refractivity contribution in [2.75, 3.05) is 7.05 Å². The van der Waals surface area contributed by atoms with Crippen molar-refractivity contribution in [3.63, 3.8) is 0 Å². The minimum absolute atomic E-state index is 0.176. The summed E-state index contributed by atoms with van der Waals surface area (Å²) in [6, 6.07) is 0.406. The Morgan fingerprint density at radius 3 is 3.00 bits per heavy atom. The normalized spacial score (nSPS) is 23.3. The van der Waals surface area contributed by atoms with Crippen molar-refractivity contribution in [2.24, 2.45) is 5.92 Å². The minimum Gasteiger partial charge on any atom is -0.342 e. The maximum atomic E-state index is 12.3. The van der Waals surface area contributed by atoms with Gasteiger partial charge in [-0.1, -0.05) is 19.8 Å². The molecule has 2 unspecified atom stereocenters. The molecule has 1 saturated carbocycles. The first kappa shape index (κ1) is 14.8. The molecular formula is C14H21ClN2OS. The number of rotatable bonds is 4. The molecule has 1 aliphatic carbocycles. The molecule has 1 aliphatic rings. The lowest BCUT2D eigenvalue weighted by molar-refractivity contribution is -0.132. The number of likely N-dealkylation sites (N-methyl/N-ethyl adjacent to an activating group) is 1. The molecule has 0 radical (unpaired) electrons. The molecule has 0 bridgehead atoms. The zero-order valence-corrected chi connectivity index (χ0v) is 13.1. The van der Waals surface area contributed by atoms with Crippen LogP contribution in [0.3, 0.4) is 0 Å². The van der Waals surface area contributed by atoms with Crippen molar-refractivity contribution >= 4 is 28.8 Å². The van der Waals surface area contributed by atoms with Crippen LogP contribution >= 0.6 is 22.9 Å². The predicted octanol–water partition coefficient (Wildman–Crippen LogP) is 3.46. The van der Waals surface area contributed by atoms with Gasteiger partial charge in [-0.15, -0.1) is 22.9 Å². The highest BCUT2D eigenvalue weighted by atomic mass is 35.5. The van der Waals surface area contributed by atoms with Crippen LogP contribution in [0.15, 0.2) is 5.38 Å². The molecule has 0 aliphatic heterocycles. The first-order valence-electron chi connectivity index (χ1n) is 6.85. The van der Waals surface area contributed by atoms with Gasteiger partial charge in [-0.05, 0) is 18.8 Å². The summed E-state index contributed by atoms with van der Waals surface area (Å²) < 4.78 is 0. The van der Waals surface area contributed by atoms with E-state index in [4.69, 9.17) is 11.6 Å². The van der Waals surface area contributed by atoms with Crippen molar-refractivity contribution < 1.29 is 4.79 Å². The summed E-state index contributed by atoms with van der Waals surface area (Å²) in [6.45, 7) is 2.28. The molecule has 106 valence electrons. The topological polar surface area (TPSA) is 33.2 Å². The second-order valence-electron chi connectivity index (χ2n) is 5.47. The minimum atomic E-state index is 0.176. The zero-order chi connectivity index (χ0) is 13.8. The molecule has 2 rings (SSSR count). The van der Waals surface area contributed by atoms with E-state index in [1.807, 2.05) is 17.3 Å². The van der Waals surface area contributed by atoms with Crippen LogP contribution in [0.25, 0.3) is 0 Å². The van der Waals surface area contributed by atoms with Gasteiger partial charge >= 0.3 is 0 Å². The van der Waals surface area contributed by atoms with Crippen LogP contribution in [0.4, 0.5) is 0 Å². The molecule has 0 saturated heterocycles. The average Bonchev–Trinajstić information content (AvgIpc) is 2.85. The van der Waals surface area contributed by atoms with Crippen LogP contribution in [0.1, 0.15) is 43.3 Å². The highest BCUT2D eigenvalue weighted by Gasteiger charge is 2.25. The van der Waals surface area contributed by atoms with E-state index in [0.29, 0.717) is 18.3 Å². The highest BCUT2D eigenvalue weighted by Crippen LogP contribution is 2.27. The first-order valence-corrected chi connectivity index (χ1v) is 8.26. The van der Waals surface area contributed by atoms with Gasteiger partial charge in [0.1, 0.15) is 5.01 Å². The van der Waals surface area contributed by atoms with Crippen LogP contribution in [0.5, 0.6) is 0 Å². The molecule has 1 fully saturated rings. The Hall–Kier alpha value is -0.610. The van der Waals surface area contributed by atoms with Gasteiger partial charge in [-0.3, -0.25) is 4.79 Å². The molecule has 19 heavy (non-hydrogen) atoms. The van der Waals surface area contributed by atoms with Crippen LogP contribution < -0.4 is 0 Å². The standard InChI is InChI=1S/C14H21ClN2OS/c1-10-4-3-5-12(6-10)17(2)14(18)7-13-16-11(8-15)9-19-13/h9-10,12H,3-8H2,1-2H3. The molecule has 1 aromatic rings. The van der Waals surface area contributed by atoms with Crippen molar-refractivity contribution in [3.05, 3.63) is 16.1 Å². The number of aromatic nitrogens is 1. The Bertz CT molecular complexity index is 435. The maximum Gasteiger partial charge on any atom is 0.229 e. The van der Waals surface area contributed by atoms with E-state index in [2.05, 4.69) is 11.9 Å². The maximum absolute atomic E-state index is 12.3. The SMILES string of the molecule is CC1CCCC(N(C)C(=O)Cc2nc(CCl)cs2)C1. The van der Waals surface area contributed by atoms with E-state index >= 15 is 0 Å². The number of thiazole rings is 1. The quantitative estimate of drug-likeness (QED) is 0.798. The zero-order valence-electron chi connectivity index (χ0n) is 11.6. The van der Waals surface area contributed by atoms with E-state index < -0.39 is 0 Å². The van der Waals surface area contributed by atoms with Gasteiger partial charge in [0.15, 0.2) is 0 Å². The fraction of sp³-hybridized carbons (Fsp3) is 0.714. The molecule has 0 spiro atoms. The van der Waals surface area contributed by atoms with Crippen LogP contribution in [-0.4, -0.2) is 28.9 Å². The molecule has 1 aromatic heterocycles. The van der Waals surface area contributed by atoms with Gasteiger partial charge in [0.05, 0.1) is 18.0 Å². The summed E-state index contributed by atoms with van der Waals surface area (Å²) in [7, 11) is 1.93. The number of halogens is 1. The third-order valence-electron chi connectivity index (χ3n) is 3.89. The lowest BCUT2D eigenvalue weighted by Gasteiger charge is -2.34. The molecular weight excluding hydrogens is 280 g/mol. The number of hydrogen-bond acceptors (Lipinski definition) is 3. The number of carbonyl (C=O) groups excluding carboxylic acids is 1. The lowest BCUT2D eigenvalue weighted by atomic mass is 9.86. The van der Waals surface area contributed by atoms with Gasteiger partial charge in [0.25, 0.3) is 0 Å². The molecule has 0 N–H and O–H groups in total. The van der Waals surface area contributed by atoms with Crippen molar-refractivity contribution in [3.8, 4) is 0 Å². The van der Waals surface area contributed by atoms with E-state index in [1.54, 1.807) is 0 Å². The van der Waals surface area contributed by atoms with Gasteiger partial charge in [0, 0.05) is 18.5 Å². The van der Waals surface area contributed by atoms with Crippen molar-refractivity contribution in [1.29, 1.82) is 0 Å². The largest absolute Gasteiger partial charge is 0.342 e. The third-order valence-corrected chi connectivity index (χ3v) is 5.06. The van der Waals surface area contributed by atoms with E-state index in [1.165, 1.54) is 24.2 Å². The van der Waals surface area contributed by atoms with Crippen LogP contribution in [-0.2, 0) is 17.1 Å². The van der Waals surface area contributed by atoms with Crippen LogP contribution in [0, 0.1) is 5.92 Å². The Morgan fingerprint density at radius 1 is 1.58 bits per heavy atom. The number of carbonyl (C=O) groups is 1. The van der Waals surface area contributed by atoms with Crippen LogP contribution in [0.2, 0.25) is 0 Å². The highest BCUT2D eigenvalue weighted by molar-refractivity contribution is 7.09. The van der Waals surface area contributed by atoms with Gasteiger partial charge < -0.3 is 4.90 Å².